The Kier molecular flexibility index (Phi) is 5.86. The Hall–Kier alpha value is -1.09. The second-order valence-electron chi connectivity index (χ2n) is 3.93. The molecule has 0 fully saturated rings. The van der Waals surface area contributed by atoms with Crippen LogP contribution in [0.2, 0.25) is 0 Å². The molecule has 16 heavy (non-hydrogen) atoms. The molecule has 2 nitrogen and oxygen atoms in total. The van der Waals surface area contributed by atoms with Crippen molar-refractivity contribution in [2.24, 2.45) is 0 Å². The highest BCUT2D eigenvalue weighted by Crippen LogP contribution is 2.15. The van der Waals surface area contributed by atoms with Crippen LogP contribution >= 0.6 is 0 Å². The van der Waals surface area contributed by atoms with Gasteiger partial charge in [0.25, 0.3) is 0 Å². The van der Waals surface area contributed by atoms with E-state index in [4.69, 9.17) is 10.5 Å². The zero-order chi connectivity index (χ0) is 11.8. The van der Waals surface area contributed by atoms with Crippen LogP contribution in [0.1, 0.15) is 38.2 Å². The molecule has 0 heterocycles. The number of hydrogen-bond acceptors (Lipinski definition) is 2. The molecule has 0 aliphatic carbocycles. The molecule has 0 amide bonds. The van der Waals surface area contributed by atoms with Crippen molar-refractivity contribution in [3.63, 3.8) is 0 Å². The molecule has 3 heteroatoms. The van der Waals surface area contributed by atoms with Gasteiger partial charge in [-0.1, -0.05) is 38.3 Å². The number of ether oxygens (including phenoxy) is 1. The first-order valence-corrected chi connectivity index (χ1v) is 5.86. The molecular formula is C13H20FNO. The molecule has 0 saturated carbocycles. The molecular weight excluding hydrogens is 205 g/mol. The summed E-state index contributed by atoms with van der Waals surface area (Å²) in [7, 11) is 0. The van der Waals surface area contributed by atoms with Crippen LogP contribution in [-0.2, 0) is 11.3 Å². The van der Waals surface area contributed by atoms with E-state index in [1.54, 1.807) is 18.2 Å². The minimum absolute atomic E-state index is 0.187. The molecule has 1 rings (SSSR count). The predicted octanol–water partition coefficient (Wildman–Crippen LogP) is 3.50. The Morgan fingerprint density at radius 3 is 2.81 bits per heavy atom. The van der Waals surface area contributed by atoms with Gasteiger partial charge in [0.15, 0.2) is 5.82 Å². The van der Waals surface area contributed by atoms with Gasteiger partial charge in [-0.05, 0) is 12.5 Å². The molecule has 0 unspecified atom stereocenters. The lowest BCUT2D eigenvalue weighted by Crippen LogP contribution is -2.00. The maximum atomic E-state index is 13.4. The van der Waals surface area contributed by atoms with Crippen molar-refractivity contribution in [1.82, 2.24) is 0 Å². The molecule has 0 atom stereocenters. The van der Waals surface area contributed by atoms with Crippen molar-refractivity contribution in [3.8, 4) is 0 Å². The fraction of sp³-hybridized carbons (Fsp3) is 0.538. The Morgan fingerprint density at radius 1 is 1.25 bits per heavy atom. The van der Waals surface area contributed by atoms with Crippen molar-refractivity contribution >= 4 is 5.69 Å². The lowest BCUT2D eigenvalue weighted by Gasteiger charge is -2.06. The van der Waals surface area contributed by atoms with Crippen LogP contribution in [0.5, 0.6) is 0 Å². The smallest absolute Gasteiger partial charge is 0.151 e. The van der Waals surface area contributed by atoms with Crippen LogP contribution in [0.15, 0.2) is 18.2 Å². The molecule has 0 radical (unpaired) electrons. The van der Waals surface area contributed by atoms with Crippen molar-refractivity contribution in [3.05, 3.63) is 29.6 Å². The summed E-state index contributed by atoms with van der Waals surface area (Å²) in [5.41, 5.74) is 6.18. The number of halogens is 1. The summed E-state index contributed by atoms with van der Waals surface area (Å²) >= 11 is 0. The van der Waals surface area contributed by atoms with Gasteiger partial charge in [0.1, 0.15) is 0 Å². The lowest BCUT2D eigenvalue weighted by atomic mass is 10.2. The quantitative estimate of drug-likeness (QED) is 0.569. The molecule has 0 aromatic heterocycles. The van der Waals surface area contributed by atoms with Crippen molar-refractivity contribution in [2.75, 3.05) is 12.3 Å². The minimum atomic E-state index is -0.351. The average molecular weight is 225 g/mol. The van der Waals surface area contributed by atoms with E-state index in [0.29, 0.717) is 18.8 Å². The van der Waals surface area contributed by atoms with Crippen LogP contribution in [0.4, 0.5) is 10.1 Å². The third-order valence-corrected chi connectivity index (χ3v) is 2.51. The Labute approximate surface area is 96.6 Å². The summed E-state index contributed by atoms with van der Waals surface area (Å²) in [5.74, 6) is -0.351. The zero-order valence-corrected chi connectivity index (χ0v) is 9.84. The van der Waals surface area contributed by atoms with Gasteiger partial charge < -0.3 is 10.5 Å². The molecule has 0 spiro atoms. The number of unbranched alkanes of at least 4 members (excludes halogenated alkanes) is 3. The summed E-state index contributed by atoms with van der Waals surface area (Å²) in [6, 6.07) is 5.01. The summed E-state index contributed by atoms with van der Waals surface area (Å²) in [6.07, 6.45) is 4.66. The molecule has 0 saturated heterocycles. The normalized spacial score (nSPS) is 10.6. The van der Waals surface area contributed by atoms with Crippen molar-refractivity contribution in [1.29, 1.82) is 0 Å². The second kappa shape index (κ2) is 7.23. The molecule has 0 aliphatic rings. The van der Waals surface area contributed by atoms with E-state index in [-0.39, 0.29) is 11.5 Å². The SMILES string of the molecule is CCCCCCOCc1cccc(N)c1F. The van der Waals surface area contributed by atoms with Crippen molar-refractivity contribution in [2.45, 2.75) is 39.2 Å². The van der Waals surface area contributed by atoms with E-state index in [1.807, 2.05) is 0 Å². The molecule has 2 N–H and O–H groups in total. The van der Waals surface area contributed by atoms with Gasteiger partial charge in [0.05, 0.1) is 12.3 Å². The van der Waals surface area contributed by atoms with Gasteiger partial charge in [0, 0.05) is 12.2 Å². The van der Waals surface area contributed by atoms with Crippen LogP contribution in [0.3, 0.4) is 0 Å². The molecule has 90 valence electrons. The Balaban J connectivity index is 2.24. The zero-order valence-electron chi connectivity index (χ0n) is 9.84. The van der Waals surface area contributed by atoms with E-state index in [9.17, 15) is 4.39 Å². The highest BCUT2D eigenvalue weighted by Gasteiger charge is 2.04. The van der Waals surface area contributed by atoms with Gasteiger partial charge in [-0.3, -0.25) is 0 Å². The molecule has 0 bridgehead atoms. The van der Waals surface area contributed by atoms with Crippen LogP contribution in [-0.4, -0.2) is 6.61 Å². The number of anilines is 1. The summed E-state index contributed by atoms with van der Waals surface area (Å²) in [6.45, 7) is 3.17. The Bertz CT molecular complexity index is 315. The molecule has 1 aromatic rings. The number of nitrogen functional groups attached to an aromatic ring is 1. The highest BCUT2D eigenvalue weighted by atomic mass is 19.1. The largest absolute Gasteiger partial charge is 0.396 e. The third kappa shape index (κ3) is 4.19. The predicted molar refractivity (Wildman–Crippen MR) is 64.6 cm³/mol. The molecule has 0 aliphatic heterocycles. The standard InChI is InChI=1S/C13H20FNO/c1-2-3-4-5-9-16-10-11-7-6-8-12(15)13(11)14/h6-8H,2-5,9-10,15H2,1H3. The summed E-state index contributed by atoms with van der Waals surface area (Å²) < 4.78 is 18.8. The monoisotopic (exact) mass is 225 g/mol. The van der Waals surface area contributed by atoms with Crippen LogP contribution in [0, 0.1) is 5.82 Å². The second-order valence-corrected chi connectivity index (χ2v) is 3.93. The number of hydrogen-bond donors (Lipinski definition) is 1. The highest BCUT2D eigenvalue weighted by molar-refractivity contribution is 5.42. The van der Waals surface area contributed by atoms with Crippen molar-refractivity contribution < 1.29 is 9.13 Å². The van der Waals surface area contributed by atoms with Crippen LogP contribution in [0.25, 0.3) is 0 Å². The minimum Gasteiger partial charge on any atom is -0.396 e. The van der Waals surface area contributed by atoms with Gasteiger partial charge in [-0.15, -0.1) is 0 Å². The topological polar surface area (TPSA) is 35.2 Å². The summed E-state index contributed by atoms with van der Waals surface area (Å²) in [5, 5.41) is 0. The number of benzene rings is 1. The maximum Gasteiger partial charge on any atom is 0.151 e. The van der Waals surface area contributed by atoms with E-state index >= 15 is 0 Å². The first-order valence-electron chi connectivity index (χ1n) is 5.86. The van der Waals surface area contributed by atoms with E-state index in [1.165, 1.54) is 19.3 Å². The van der Waals surface area contributed by atoms with Gasteiger partial charge in [-0.25, -0.2) is 4.39 Å². The average Bonchev–Trinajstić information content (AvgIpc) is 2.29. The fourth-order valence-corrected chi connectivity index (χ4v) is 1.52. The van der Waals surface area contributed by atoms with E-state index in [0.717, 1.165) is 6.42 Å². The maximum absolute atomic E-state index is 13.4. The first-order chi connectivity index (χ1) is 7.75. The van der Waals surface area contributed by atoms with Gasteiger partial charge in [-0.2, -0.15) is 0 Å². The lowest BCUT2D eigenvalue weighted by molar-refractivity contribution is 0.114. The van der Waals surface area contributed by atoms with Gasteiger partial charge >= 0.3 is 0 Å². The Morgan fingerprint density at radius 2 is 2.06 bits per heavy atom. The molecule has 1 aromatic carbocycles. The van der Waals surface area contributed by atoms with Gasteiger partial charge in [0.2, 0.25) is 0 Å². The van der Waals surface area contributed by atoms with E-state index < -0.39 is 0 Å². The fourth-order valence-electron chi connectivity index (χ4n) is 1.52. The number of rotatable bonds is 7. The van der Waals surface area contributed by atoms with E-state index in [2.05, 4.69) is 6.92 Å². The van der Waals surface area contributed by atoms with Crippen LogP contribution < -0.4 is 5.73 Å². The summed E-state index contributed by atoms with van der Waals surface area (Å²) in [4.78, 5) is 0. The first kappa shape index (κ1) is 13.0. The number of nitrogens with two attached hydrogens (primary N) is 1. The third-order valence-electron chi connectivity index (χ3n) is 2.51.